The van der Waals surface area contributed by atoms with Gasteiger partial charge in [-0.25, -0.2) is 18.4 Å². The summed E-state index contributed by atoms with van der Waals surface area (Å²) < 4.78 is 26.4. The highest BCUT2D eigenvalue weighted by Crippen LogP contribution is 2.27. The van der Waals surface area contributed by atoms with Crippen molar-refractivity contribution in [2.45, 2.75) is 45.6 Å². The van der Waals surface area contributed by atoms with Crippen molar-refractivity contribution in [3.05, 3.63) is 12.4 Å². The Balaban J connectivity index is 3.04. The van der Waals surface area contributed by atoms with Gasteiger partial charge in [0.2, 0.25) is 16.0 Å². The normalized spacial score (nSPS) is 14.3. The van der Waals surface area contributed by atoms with Gasteiger partial charge in [0, 0.05) is 19.6 Å². The molecule has 6 nitrogen and oxygen atoms in total. The first-order valence-electron chi connectivity index (χ1n) is 6.64. The highest BCUT2D eigenvalue weighted by molar-refractivity contribution is 7.89. The Morgan fingerprint density at radius 3 is 2.20 bits per heavy atom. The van der Waals surface area contributed by atoms with E-state index in [0.29, 0.717) is 12.5 Å². The zero-order chi connectivity index (χ0) is 15.6. The molecule has 1 aromatic heterocycles. The Morgan fingerprint density at radius 1 is 1.30 bits per heavy atom. The number of rotatable bonds is 5. The fraction of sp³-hybridized carbons (Fsp3) is 0.692. The van der Waals surface area contributed by atoms with Crippen LogP contribution in [0.1, 0.15) is 34.6 Å². The van der Waals surface area contributed by atoms with Gasteiger partial charge in [-0.1, -0.05) is 20.8 Å². The van der Waals surface area contributed by atoms with Gasteiger partial charge in [0.25, 0.3) is 0 Å². The summed E-state index contributed by atoms with van der Waals surface area (Å²) in [6.45, 7) is 10.5. The van der Waals surface area contributed by atoms with Gasteiger partial charge in [-0.3, -0.25) is 0 Å². The number of anilines is 1. The lowest BCUT2D eigenvalue weighted by Crippen LogP contribution is -2.42. The fourth-order valence-electron chi connectivity index (χ4n) is 1.62. The molecule has 0 saturated heterocycles. The summed E-state index contributed by atoms with van der Waals surface area (Å²) in [5, 5.41) is 2.93. The molecule has 0 amide bonds. The first-order chi connectivity index (χ1) is 9.10. The lowest BCUT2D eigenvalue weighted by Gasteiger charge is -2.34. The van der Waals surface area contributed by atoms with Crippen LogP contribution in [0.5, 0.6) is 0 Å². The van der Waals surface area contributed by atoms with Gasteiger partial charge in [-0.05, 0) is 19.3 Å². The molecular formula is C13H24N4O2S. The number of hydrogen-bond donors (Lipinski definition) is 1. The lowest BCUT2D eigenvalue weighted by molar-refractivity contribution is 0.216. The van der Waals surface area contributed by atoms with Crippen LogP contribution in [0.25, 0.3) is 0 Å². The van der Waals surface area contributed by atoms with E-state index in [0.717, 1.165) is 0 Å². The van der Waals surface area contributed by atoms with Gasteiger partial charge in [0.15, 0.2) is 0 Å². The lowest BCUT2D eigenvalue weighted by atomic mass is 9.88. The molecule has 0 aliphatic carbocycles. The zero-order valence-corrected chi connectivity index (χ0v) is 13.8. The third kappa shape index (κ3) is 3.67. The van der Waals surface area contributed by atoms with Crippen LogP contribution >= 0.6 is 0 Å². The van der Waals surface area contributed by atoms with Crippen LogP contribution in [0.3, 0.4) is 0 Å². The van der Waals surface area contributed by atoms with Crippen molar-refractivity contribution in [3.63, 3.8) is 0 Å². The molecule has 114 valence electrons. The van der Waals surface area contributed by atoms with Crippen molar-refractivity contribution in [1.29, 1.82) is 0 Å². The quantitative estimate of drug-likeness (QED) is 0.899. The summed E-state index contributed by atoms with van der Waals surface area (Å²) in [4.78, 5) is 8.13. The minimum atomic E-state index is -3.57. The van der Waals surface area contributed by atoms with Gasteiger partial charge in [0.1, 0.15) is 4.90 Å². The van der Waals surface area contributed by atoms with Gasteiger partial charge >= 0.3 is 0 Å². The minimum absolute atomic E-state index is 0.109. The average Bonchev–Trinajstić information content (AvgIpc) is 2.37. The van der Waals surface area contributed by atoms with E-state index in [9.17, 15) is 8.42 Å². The zero-order valence-electron chi connectivity index (χ0n) is 13.0. The van der Waals surface area contributed by atoms with Gasteiger partial charge in [-0.2, -0.15) is 4.31 Å². The third-order valence-electron chi connectivity index (χ3n) is 3.44. The maximum absolute atomic E-state index is 12.5. The number of hydrogen-bond acceptors (Lipinski definition) is 5. The van der Waals surface area contributed by atoms with Gasteiger partial charge in [-0.15, -0.1) is 0 Å². The molecule has 0 bridgehead atoms. The number of nitrogens with one attached hydrogen (secondary N) is 1. The smallest absolute Gasteiger partial charge is 0.246 e. The van der Waals surface area contributed by atoms with Gasteiger partial charge in [0.05, 0.1) is 12.4 Å². The summed E-state index contributed by atoms with van der Waals surface area (Å²) in [6.07, 6.45) is 2.68. The topological polar surface area (TPSA) is 75.2 Å². The first-order valence-corrected chi connectivity index (χ1v) is 8.08. The molecule has 0 fully saturated rings. The van der Waals surface area contributed by atoms with Crippen LogP contribution < -0.4 is 5.32 Å². The van der Waals surface area contributed by atoms with E-state index in [1.807, 2.05) is 34.6 Å². The number of aromatic nitrogens is 2. The summed E-state index contributed by atoms with van der Waals surface area (Å²) >= 11 is 0. The molecule has 0 saturated carbocycles. The van der Waals surface area contributed by atoms with Crippen LogP contribution in [0.4, 0.5) is 5.95 Å². The van der Waals surface area contributed by atoms with Crippen LogP contribution in [0.15, 0.2) is 17.3 Å². The van der Waals surface area contributed by atoms with Crippen LogP contribution in [-0.2, 0) is 10.0 Å². The van der Waals surface area contributed by atoms with E-state index in [4.69, 9.17) is 0 Å². The molecule has 1 rings (SSSR count). The Morgan fingerprint density at radius 2 is 1.80 bits per heavy atom. The van der Waals surface area contributed by atoms with E-state index in [1.54, 1.807) is 7.05 Å². The maximum atomic E-state index is 12.5. The summed E-state index contributed by atoms with van der Waals surface area (Å²) in [5.74, 6) is 0.429. The Kier molecular flexibility index (Phi) is 5.10. The van der Waals surface area contributed by atoms with Crippen LogP contribution in [0, 0.1) is 5.41 Å². The summed E-state index contributed by atoms with van der Waals surface area (Å²) in [5.41, 5.74) is -0.146. The molecule has 0 spiro atoms. The average molecular weight is 300 g/mol. The predicted molar refractivity (Wildman–Crippen MR) is 80.1 cm³/mol. The molecule has 0 radical (unpaired) electrons. The summed E-state index contributed by atoms with van der Waals surface area (Å²) in [7, 11) is -1.99. The van der Waals surface area contributed by atoms with Crippen molar-refractivity contribution >= 4 is 16.0 Å². The second-order valence-electron chi connectivity index (χ2n) is 5.84. The molecular weight excluding hydrogens is 276 g/mol. The molecule has 0 aliphatic heterocycles. The van der Waals surface area contributed by atoms with Crippen molar-refractivity contribution < 1.29 is 8.42 Å². The SMILES string of the molecule is CCNc1ncc(S(=O)(=O)N(C)C(C)C(C)(C)C)cn1. The minimum Gasteiger partial charge on any atom is -0.355 e. The second-order valence-corrected chi connectivity index (χ2v) is 7.83. The molecule has 20 heavy (non-hydrogen) atoms. The van der Waals surface area contributed by atoms with E-state index >= 15 is 0 Å². The van der Waals surface area contributed by atoms with E-state index in [2.05, 4.69) is 15.3 Å². The summed E-state index contributed by atoms with van der Waals surface area (Å²) in [6, 6.07) is -0.138. The Bertz CT molecular complexity index is 534. The Hall–Kier alpha value is -1.21. The largest absolute Gasteiger partial charge is 0.355 e. The molecule has 1 atom stereocenters. The van der Waals surface area contributed by atoms with Crippen LogP contribution in [0.2, 0.25) is 0 Å². The highest BCUT2D eigenvalue weighted by Gasteiger charge is 2.32. The Labute approximate surface area is 121 Å². The molecule has 0 aromatic carbocycles. The molecule has 7 heteroatoms. The third-order valence-corrected chi connectivity index (χ3v) is 5.32. The van der Waals surface area contributed by atoms with E-state index in [-0.39, 0.29) is 16.4 Å². The van der Waals surface area contributed by atoms with E-state index < -0.39 is 10.0 Å². The highest BCUT2D eigenvalue weighted by atomic mass is 32.2. The molecule has 1 aromatic rings. The monoisotopic (exact) mass is 300 g/mol. The van der Waals surface area contributed by atoms with E-state index in [1.165, 1.54) is 16.7 Å². The molecule has 0 aliphatic rings. The number of sulfonamides is 1. The fourth-order valence-corrected chi connectivity index (χ4v) is 3.06. The van der Waals surface area contributed by atoms with Crippen molar-refractivity contribution in [3.8, 4) is 0 Å². The second kappa shape index (κ2) is 6.05. The van der Waals surface area contributed by atoms with Crippen molar-refractivity contribution in [2.24, 2.45) is 5.41 Å². The van der Waals surface area contributed by atoms with Crippen molar-refractivity contribution in [2.75, 3.05) is 18.9 Å². The molecule has 1 N–H and O–H groups in total. The van der Waals surface area contributed by atoms with Gasteiger partial charge < -0.3 is 5.32 Å². The maximum Gasteiger partial charge on any atom is 0.246 e. The standard InChI is InChI=1S/C13H24N4O2S/c1-7-14-12-15-8-11(9-16-12)20(18,19)17(6)10(2)13(3,4)5/h8-10H,7H2,1-6H3,(H,14,15,16). The first kappa shape index (κ1) is 16.8. The molecule has 1 unspecified atom stereocenters. The van der Waals surface area contributed by atoms with Crippen molar-refractivity contribution in [1.82, 2.24) is 14.3 Å². The molecule has 1 heterocycles. The predicted octanol–water partition coefficient (Wildman–Crippen LogP) is 1.96. The van der Waals surface area contributed by atoms with Crippen LogP contribution in [-0.4, -0.2) is 42.3 Å². The number of nitrogens with zero attached hydrogens (tertiary/aromatic N) is 3.